The minimum atomic E-state index is -0.105. The summed E-state index contributed by atoms with van der Waals surface area (Å²) in [4.78, 5) is 16.5. The Morgan fingerprint density at radius 2 is 2.20 bits per heavy atom. The van der Waals surface area contributed by atoms with Gasteiger partial charge in [0.05, 0.1) is 6.04 Å². The molecular weight excluding hydrogens is 254 g/mol. The molecule has 0 aliphatic carbocycles. The van der Waals surface area contributed by atoms with E-state index in [0.717, 1.165) is 11.3 Å². The molecule has 5 nitrogen and oxygen atoms in total. The van der Waals surface area contributed by atoms with Crippen molar-refractivity contribution >= 4 is 5.82 Å². The fourth-order valence-electron chi connectivity index (χ4n) is 2.38. The Labute approximate surface area is 117 Å². The number of fused-ring (bicyclic) bond motifs is 1. The Morgan fingerprint density at radius 1 is 1.40 bits per heavy atom. The molecule has 0 saturated heterocycles. The summed E-state index contributed by atoms with van der Waals surface area (Å²) in [5, 5.41) is 3.19. The van der Waals surface area contributed by atoms with Gasteiger partial charge in [-0.1, -0.05) is 18.2 Å². The lowest BCUT2D eigenvalue weighted by atomic mass is 10.1. The largest absolute Gasteiger partial charge is 0.491 e. The third kappa shape index (κ3) is 2.15. The van der Waals surface area contributed by atoms with Gasteiger partial charge in [-0.2, -0.15) is 0 Å². The summed E-state index contributed by atoms with van der Waals surface area (Å²) >= 11 is 0. The lowest BCUT2D eigenvalue weighted by molar-refractivity contribution is 0.339. The summed E-state index contributed by atoms with van der Waals surface area (Å²) in [6.07, 6.45) is 3.35. The van der Waals surface area contributed by atoms with E-state index in [9.17, 15) is 4.79 Å². The normalized spacial score (nSPS) is 16.9. The summed E-state index contributed by atoms with van der Waals surface area (Å²) in [7, 11) is 0. The quantitative estimate of drug-likeness (QED) is 0.931. The van der Waals surface area contributed by atoms with Gasteiger partial charge >= 0.3 is 0 Å². The number of para-hydroxylation sites is 1. The number of benzene rings is 1. The molecule has 1 aromatic heterocycles. The molecule has 5 heteroatoms. The summed E-state index contributed by atoms with van der Waals surface area (Å²) in [5.74, 6) is 1.23. The van der Waals surface area contributed by atoms with Crippen molar-refractivity contribution < 1.29 is 4.74 Å². The molecule has 1 aromatic carbocycles. The molecule has 0 radical (unpaired) electrons. The average Bonchev–Trinajstić information content (AvgIpc) is 2.84. The van der Waals surface area contributed by atoms with Gasteiger partial charge in [0.1, 0.15) is 12.4 Å². The first-order valence-corrected chi connectivity index (χ1v) is 6.72. The van der Waals surface area contributed by atoms with Crippen molar-refractivity contribution in [2.75, 3.05) is 11.9 Å². The van der Waals surface area contributed by atoms with Crippen LogP contribution in [0.5, 0.6) is 5.75 Å². The van der Waals surface area contributed by atoms with Crippen molar-refractivity contribution in [2.45, 2.75) is 25.9 Å². The van der Waals surface area contributed by atoms with Crippen LogP contribution in [0.4, 0.5) is 5.82 Å². The van der Waals surface area contributed by atoms with Crippen LogP contribution in [0, 0.1) is 0 Å². The number of hydrogen-bond donors (Lipinski definition) is 1. The van der Waals surface area contributed by atoms with Crippen LogP contribution in [0.25, 0.3) is 0 Å². The summed E-state index contributed by atoms with van der Waals surface area (Å²) < 4.78 is 7.27. The van der Waals surface area contributed by atoms with Gasteiger partial charge in [-0.25, -0.2) is 4.98 Å². The van der Waals surface area contributed by atoms with Gasteiger partial charge in [0.15, 0.2) is 5.82 Å². The molecule has 0 fully saturated rings. The number of nitrogens with zero attached hydrogens (tertiary/aromatic N) is 2. The van der Waals surface area contributed by atoms with E-state index in [0.29, 0.717) is 12.4 Å². The SMILES string of the molecule is CC(C)n1ccnc(NC2COc3ccccc32)c1=O. The molecule has 0 bridgehead atoms. The highest BCUT2D eigenvalue weighted by Gasteiger charge is 2.24. The van der Waals surface area contributed by atoms with E-state index in [1.54, 1.807) is 17.0 Å². The van der Waals surface area contributed by atoms with E-state index in [1.807, 2.05) is 38.1 Å². The lowest BCUT2D eigenvalue weighted by Gasteiger charge is -2.14. The molecular formula is C15H17N3O2. The number of rotatable bonds is 3. The molecule has 0 saturated carbocycles. The number of nitrogens with one attached hydrogen (secondary N) is 1. The summed E-state index contributed by atoms with van der Waals surface area (Å²) in [6.45, 7) is 4.45. The van der Waals surface area contributed by atoms with Crippen LogP contribution in [-0.2, 0) is 0 Å². The van der Waals surface area contributed by atoms with Crippen LogP contribution < -0.4 is 15.6 Å². The van der Waals surface area contributed by atoms with E-state index in [-0.39, 0.29) is 17.6 Å². The zero-order chi connectivity index (χ0) is 14.1. The Kier molecular flexibility index (Phi) is 3.18. The van der Waals surface area contributed by atoms with Crippen molar-refractivity contribution in [3.05, 3.63) is 52.6 Å². The molecule has 104 valence electrons. The fourth-order valence-corrected chi connectivity index (χ4v) is 2.38. The van der Waals surface area contributed by atoms with Crippen LogP contribution in [0.2, 0.25) is 0 Å². The monoisotopic (exact) mass is 271 g/mol. The van der Waals surface area contributed by atoms with Crippen molar-refractivity contribution in [3.63, 3.8) is 0 Å². The third-order valence-electron chi connectivity index (χ3n) is 3.44. The number of aromatic nitrogens is 2. The third-order valence-corrected chi connectivity index (χ3v) is 3.44. The molecule has 1 atom stereocenters. The van der Waals surface area contributed by atoms with E-state index in [2.05, 4.69) is 10.3 Å². The predicted molar refractivity (Wildman–Crippen MR) is 77.2 cm³/mol. The average molecular weight is 271 g/mol. The molecule has 0 spiro atoms. The van der Waals surface area contributed by atoms with E-state index < -0.39 is 0 Å². The number of anilines is 1. The molecule has 2 heterocycles. The maximum Gasteiger partial charge on any atom is 0.293 e. The second-order valence-corrected chi connectivity index (χ2v) is 5.13. The minimum Gasteiger partial charge on any atom is -0.491 e. The highest BCUT2D eigenvalue weighted by molar-refractivity contribution is 5.45. The fraction of sp³-hybridized carbons (Fsp3) is 0.333. The Bertz CT molecular complexity index is 679. The summed E-state index contributed by atoms with van der Waals surface area (Å²) in [6, 6.07) is 7.92. The van der Waals surface area contributed by atoms with Crippen LogP contribution in [-0.4, -0.2) is 16.2 Å². The Morgan fingerprint density at radius 3 is 3.00 bits per heavy atom. The second kappa shape index (κ2) is 5.00. The van der Waals surface area contributed by atoms with Gasteiger partial charge in [-0.05, 0) is 19.9 Å². The molecule has 2 aromatic rings. The van der Waals surface area contributed by atoms with Crippen molar-refractivity contribution in [1.82, 2.24) is 9.55 Å². The van der Waals surface area contributed by atoms with Crippen LogP contribution in [0.1, 0.15) is 31.5 Å². The molecule has 3 rings (SSSR count). The van der Waals surface area contributed by atoms with E-state index in [1.165, 1.54) is 0 Å². The molecule has 1 aliphatic rings. The van der Waals surface area contributed by atoms with Gasteiger partial charge in [0.2, 0.25) is 0 Å². The molecule has 1 N–H and O–H groups in total. The van der Waals surface area contributed by atoms with Gasteiger partial charge in [-0.3, -0.25) is 4.79 Å². The summed E-state index contributed by atoms with van der Waals surface area (Å²) in [5.41, 5.74) is 0.959. The van der Waals surface area contributed by atoms with E-state index in [4.69, 9.17) is 4.74 Å². The van der Waals surface area contributed by atoms with Crippen LogP contribution in [0.15, 0.2) is 41.5 Å². The maximum atomic E-state index is 12.3. The Hall–Kier alpha value is -2.30. The van der Waals surface area contributed by atoms with Gasteiger partial charge in [0, 0.05) is 24.0 Å². The first kappa shape index (κ1) is 12.7. The smallest absolute Gasteiger partial charge is 0.293 e. The Balaban J connectivity index is 1.90. The van der Waals surface area contributed by atoms with Crippen LogP contribution in [0.3, 0.4) is 0 Å². The first-order valence-electron chi connectivity index (χ1n) is 6.72. The second-order valence-electron chi connectivity index (χ2n) is 5.13. The van der Waals surface area contributed by atoms with Gasteiger partial charge in [-0.15, -0.1) is 0 Å². The zero-order valence-electron chi connectivity index (χ0n) is 11.5. The zero-order valence-corrected chi connectivity index (χ0v) is 11.5. The molecule has 20 heavy (non-hydrogen) atoms. The van der Waals surface area contributed by atoms with Crippen molar-refractivity contribution in [2.24, 2.45) is 0 Å². The van der Waals surface area contributed by atoms with Gasteiger partial charge in [0.25, 0.3) is 5.56 Å². The highest BCUT2D eigenvalue weighted by Crippen LogP contribution is 2.33. The molecule has 1 aliphatic heterocycles. The highest BCUT2D eigenvalue weighted by atomic mass is 16.5. The number of ether oxygens (including phenoxy) is 1. The molecule has 1 unspecified atom stereocenters. The maximum absolute atomic E-state index is 12.3. The lowest BCUT2D eigenvalue weighted by Crippen LogP contribution is -2.27. The standard InChI is InChI=1S/C15H17N3O2/c1-10(2)18-8-7-16-14(15(18)19)17-12-9-20-13-6-4-3-5-11(12)13/h3-8,10,12H,9H2,1-2H3,(H,16,17). The van der Waals surface area contributed by atoms with Crippen molar-refractivity contribution in [3.8, 4) is 5.75 Å². The van der Waals surface area contributed by atoms with Gasteiger partial charge < -0.3 is 14.6 Å². The topological polar surface area (TPSA) is 56.1 Å². The van der Waals surface area contributed by atoms with E-state index >= 15 is 0 Å². The first-order chi connectivity index (χ1) is 9.66. The number of hydrogen-bond acceptors (Lipinski definition) is 4. The predicted octanol–water partition coefficient (Wildman–Crippen LogP) is 2.37. The molecule has 0 amide bonds. The van der Waals surface area contributed by atoms with Crippen LogP contribution >= 0.6 is 0 Å². The minimum absolute atomic E-state index is 0.0330. The van der Waals surface area contributed by atoms with Crippen molar-refractivity contribution in [1.29, 1.82) is 0 Å².